The van der Waals surface area contributed by atoms with Crippen molar-refractivity contribution in [1.29, 1.82) is 10.7 Å². The van der Waals surface area contributed by atoms with E-state index in [1.165, 1.54) is 4.57 Å². The van der Waals surface area contributed by atoms with E-state index in [1.54, 1.807) is 22.9 Å². The number of ketones is 1. The van der Waals surface area contributed by atoms with Gasteiger partial charge >= 0.3 is 0 Å². The summed E-state index contributed by atoms with van der Waals surface area (Å²) in [6.07, 6.45) is 1.55. The number of aromatic hydroxyl groups is 1. The molecule has 2 N–H and O–H groups in total. The maximum atomic E-state index is 13.3. The lowest BCUT2D eigenvalue weighted by molar-refractivity contribution is 0.0970. The molecule has 6 nitrogen and oxygen atoms in total. The van der Waals surface area contributed by atoms with Gasteiger partial charge in [-0.25, -0.2) is 0 Å². The zero-order valence-corrected chi connectivity index (χ0v) is 22.4. The average molecular weight is 525 g/mol. The van der Waals surface area contributed by atoms with Crippen LogP contribution in [0.1, 0.15) is 74.3 Å². The van der Waals surface area contributed by atoms with Crippen molar-refractivity contribution < 1.29 is 9.90 Å². The van der Waals surface area contributed by atoms with Gasteiger partial charge in [-0.15, -0.1) is 17.0 Å². The van der Waals surface area contributed by atoms with E-state index in [2.05, 4.69) is 6.07 Å². The quantitative estimate of drug-likeness (QED) is 0.434. The fourth-order valence-corrected chi connectivity index (χ4v) is 3.87. The van der Waals surface area contributed by atoms with Crippen molar-refractivity contribution in [1.82, 2.24) is 9.13 Å². The van der Waals surface area contributed by atoms with Gasteiger partial charge in [0.2, 0.25) is 5.62 Å². The Kier molecular flexibility index (Phi) is 8.00. The summed E-state index contributed by atoms with van der Waals surface area (Å²) in [7, 11) is 0. The number of carbonyl (C=O) groups excluding carboxylic acids is 1. The second-order valence-corrected chi connectivity index (χ2v) is 10.5. The summed E-state index contributed by atoms with van der Waals surface area (Å²) in [5, 5.41) is 29.1. The highest BCUT2D eigenvalue weighted by atomic mass is 79.9. The van der Waals surface area contributed by atoms with Crippen molar-refractivity contribution in [2.24, 2.45) is 0 Å². The Bertz CT molecular complexity index is 1250. The molecule has 0 atom stereocenters. The van der Waals surface area contributed by atoms with Crippen LogP contribution in [0, 0.1) is 16.7 Å². The zero-order valence-electron chi connectivity index (χ0n) is 20.6. The molecule has 3 rings (SSSR count). The Hall–Kier alpha value is -3.11. The number of nitrogens with one attached hydrogen (secondary N) is 1. The largest absolute Gasteiger partial charge is 0.507 e. The Labute approximate surface area is 211 Å². The fourth-order valence-electron chi connectivity index (χ4n) is 3.87. The molecule has 0 spiro atoms. The van der Waals surface area contributed by atoms with Crippen LogP contribution in [0.2, 0.25) is 0 Å². The first-order valence-electron chi connectivity index (χ1n) is 11.0. The molecule has 0 saturated heterocycles. The van der Waals surface area contributed by atoms with E-state index in [4.69, 9.17) is 5.41 Å². The van der Waals surface area contributed by atoms with E-state index in [1.807, 2.05) is 71.9 Å². The van der Waals surface area contributed by atoms with Gasteiger partial charge in [0.25, 0.3) is 0 Å². The van der Waals surface area contributed by atoms with Crippen LogP contribution in [-0.4, -0.2) is 20.0 Å². The molecule has 0 unspecified atom stereocenters. The molecule has 34 heavy (non-hydrogen) atoms. The molecule has 7 heteroatoms. The summed E-state index contributed by atoms with van der Waals surface area (Å²) in [5.41, 5.74) is 2.62. The van der Waals surface area contributed by atoms with Crippen molar-refractivity contribution in [2.75, 3.05) is 0 Å². The second-order valence-electron chi connectivity index (χ2n) is 10.5. The summed E-state index contributed by atoms with van der Waals surface area (Å²) in [4.78, 5) is 13.3. The van der Waals surface area contributed by atoms with Crippen molar-refractivity contribution in [3.8, 4) is 11.8 Å². The molecule has 0 radical (unpaired) electrons. The van der Waals surface area contributed by atoms with Gasteiger partial charge in [-0.05, 0) is 28.5 Å². The van der Waals surface area contributed by atoms with Gasteiger partial charge in [-0.3, -0.25) is 14.8 Å². The van der Waals surface area contributed by atoms with E-state index in [9.17, 15) is 15.2 Å². The standard InChI is InChI=1S/C27H32N4O2.BrH/c1-26(2,3)21-12-19(13-22(24(21)33)27(4,5)6)23(32)17-30-16-20(14-28)31(25(30)29)15-18-10-8-7-9-11-18;/h7-13,16,29,33H,15,17H2,1-6H3;1H. The maximum Gasteiger partial charge on any atom is 0.203 e. The highest BCUT2D eigenvalue weighted by molar-refractivity contribution is 8.93. The normalized spacial score (nSPS) is 11.6. The molecule has 0 bridgehead atoms. The van der Waals surface area contributed by atoms with Crippen LogP contribution in [0.4, 0.5) is 0 Å². The number of carbonyl (C=O) groups is 1. The van der Waals surface area contributed by atoms with Crippen molar-refractivity contribution in [3.63, 3.8) is 0 Å². The van der Waals surface area contributed by atoms with Crippen molar-refractivity contribution in [2.45, 2.75) is 65.5 Å². The van der Waals surface area contributed by atoms with Gasteiger partial charge in [0.1, 0.15) is 17.5 Å². The zero-order chi connectivity index (χ0) is 24.6. The molecule has 0 aliphatic rings. The fraction of sp³-hybridized carbons (Fsp3) is 0.370. The third-order valence-electron chi connectivity index (χ3n) is 5.76. The molecule has 0 aliphatic carbocycles. The number of nitriles is 1. The molecule has 1 aromatic heterocycles. The molecular weight excluding hydrogens is 492 g/mol. The topological polar surface area (TPSA) is 94.8 Å². The second kappa shape index (κ2) is 10.0. The molecule has 0 fully saturated rings. The number of hydrogen-bond acceptors (Lipinski definition) is 4. The van der Waals surface area contributed by atoms with Crippen molar-refractivity contribution in [3.05, 3.63) is 82.2 Å². The molecule has 3 aromatic rings. The number of nitrogens with zero attached hydrogens (tertiary/aromatic N) is 3. The number of benzene rings is 2. The van der Waals surface area contributed by atoms with Gasteiger partial charge in [-0.2, -0.15) is 5.26 Å². The SMILES string of the molecule is Br.CC(C)(C)c1cc(C(=O)Cn2cc(C#N)n(Cc3ccccc3)c2=N)cc(C(C)(C)C)c1O. The molecule has 0 amide bonds. The maximum absolute atomic E-state index is 13.3. The van der Waals surface area contributed by atoms with Crippen molar-refractivity contribution >= 4 is 22.8 Å². The number of aromatic nitrogens is 2. The van der Waals surface area contributed by atoms with E-state index in [0.29, 0.717) is 28.9 Å². The van der Waals surface area contributed by atoms with Gasteiger partial charge in [-0.1, -0.05) is 71.9 Å². The van der Waals surface area contributed by atoms with E-state index >= 15 is 0 Å². The van der Waals surface area contributed by atoms with E-state index in [0.717, 1.165) is 5.56 Å². The highest BCUT2D eigenvalue weighted by Crippen LogP contribution is 2.39. The minimum absolute atomic E-state index is 0. The molecule has 0 saturated carbocycles. The number of rotatable bonds is 5. The van der Waals surface area contributed by atoms with Crippen LogP contribution < -0.4 is 5.62 Å². The Morgan fingerprint density at radius 1 is 1.03 bits per heavy atom. The summed E-state index contributed by atoms with van der Waals surface area (Å²) >= 11 is 0. The van der Waals surface area contributed by atoms with Gasteiger partial charge in [0.15, 0.2) is 5.78 Å². The smallest absolute Gasteiger partial charge is 0.203 e. The summed E-state index contributed by atoms with van der Waals surface area (Å²) in [6, 6.07) is 15.3. The monoisotopic (exact) mass is 524 g/mol. The van der Waals surface area contributed by atoms with Crippen LogP contribution in [0.25, 0.3) is 0 Å². The van der Waals surface area contributed by atoms with Crippen LogP contribution in [-0.2, 0) is 23.9 Å². The Morgan fingerprint density at radius 3 is 2.03 bits per heavy atom. The first kappa shape index (κ1) is 27.1. The summed E-state index contributed by atoms with van der Waals surface area (Å²) in [5.74, 6) is 0.0482. The van der Waals surface area contributed by atoms with Crippen LogP contribution in [0.3, 0.4) is 0 Å². The summed E-state index contributed by atoms with van der Waals surface area (Å²) in [6.45, 7) is 12.3. The molecule has 0 aliphatic heterocycles. The number of imidazole rings is 1. The van der Waals surface area contributed by atoms with E-state index < -0.39 is 0 Å². The number of hydrogen-bond donors (Lipinski definition) is 2. The third kappa shape index (κ3) is 5.68. The highest BCUT2D eigenvalue weighted by Gasteiger charge is 2.28. The van der Waals surface area contributed by atoms with Crippen LogP contribution in [0.15, 0.2) is 48.7 Å². The third-order valence-corrected chi connectivity index (χ3v) is 5.76. The summed E-state index contributed by atoms with van der Waals surface area (Å²) < 4.78 is 3.10. The number of Topliss-reactive ketones (excluding diaryl/α,β-unsaturated/α-hetero) is 1. The van der Waals surface area contributed by atoms with E-state index in [-0.39, 0.29) is 51.5 Å². The minimum atomic E-state index is -0.346. The van der Waals surface area contributed by atoms with Gasteiger partial charge in [0, 0.05) is 22.9 Å². The lowest BCUT2D eigenvalue weighted by Gasteiger charge is -2.28. The lowest BCUT2D eigenvalue weighted by Crippen LogP contribution is -2.28. The number of phenols is 1. The lowest BCUT2D eigenvalue weighted by atomic mass is 9.78. The molecular formula is C27H33BrN4O2. The van der Waals surface area contributed by atoms with Gasteiger partial charge < -0.3 is 9.67 Å². The predicted molar refractivity (Wildman–Crippen MR) is 139 cm³/mol. The Balaban J connectivity index is 0.00000408. The van der Waals surface area contributed by atoms with Crippen LogP contribution >= 0.6 is 17.0 Å². The molecule has 1 heterocycles. The Morgan fingerprint density at radius 2 is 1.56 bits per heavy atom. The number of phenolic OH excluding ortho intramolecular Hbond substituents is 1. The first-order chi connectivity index (χ1) is 15.3. The molecule has 180 valence electrons. The van der Waals surface area contributed by atoms with Gasteiger partial charge in [0.05, 0.1) is 13.1 Å². The first-order valence-corrected chi connectivity index (χ1v) is 11.0. The minimum Gasteiger partial charge on any atom is -0.507 e. The number of halogens is 1. The predicted octanol–water partition coefficient (Wildman–Crippen LogP) is 5.45. The van der Waals surface area contributed by atoms with Crippen LogP contribution in [0.5, 0.6) is 5.75 Å². The average Bonchev–Trinajstić information content (AvgIpc) is 3.02. The molecule has 2 aromatic carbocycles.